The van der Waals surface area contributed by atoms with Gasteiger partial charge in [-0.05, 0) is 20.8 Å². The van der Waals surface area contributed by atoms with E-state index >= 15 is 0 Å². The average molecular weight is 252 g/mol. The first-order chi connectivity index (χ1) is 8.42. The van der Waals surface area contributed by atoms with Crippen LogP contribution in [0, 0.1) is 0 Å². The fourth-order valence-corrected chi connectivity index (χ4v) is 1.33. The highest BCUT2D eigenvalue weighted by atomic mass is 16.5. The van der Waals surface area contributed by atoms with Crippen LogP contribution in [0.2, 0.25) is 0 Å². The fraction of sp³-hybridized carbons (Fsp3) is 0.692. The first kappa shape index (κ1) is 14.9. The minimum Gasteiger partial charge on any atom is -0.383 e. The second kappa shape index (κ2) is 6.66. The van der Waals surface area contributed by atoms with Gasteiger partial charge < -0.3 is 15.0 Å². The van der Waals surface area contributed by atoms with E-state index in [1.807, 2.05) is 18.1 Å². The standard InChI is InChI=1S/C13H24N4O/c1-13(2,3)16-9-11-8-15-12(10-14-11)17(4)6-7-18-5/h8,10,16H,6-7,9H2,1-5H3. The Hall–Kier alpha value is -1.20. The fourth-order valence-electron chi connectivity index (χ4n) is 1.33. The molecule has 0 aliphatic heterocycles. The van der Waals surface area contributed by atoms with Crippen molar-refractivity contribution < 1.29 is 4.74 Å². The minimum atomic E-state index is 0.0929. The third-order valence-electron chi connectivity index (χ3n) is 2.51. The summed E-state index contributed by atoms with van der Waals surface area (Å²) < 4.78 is 5.03. The average Bonchev–Trinajstić information content (AvgIpc) is 2.33. The molecule has 0 saturated carbocycles. The van der Waals surface area contributed by atoms with Crippen molar-refractivity contribution in [3.05, 3.63) is 18.1 Å². The van der Waals surface area contributed by atoms with Gasteiger partial charge >= 0.3 is 0 Å². The monoisotopic (exact) mass is 252 g/mol. The van der Waals surface area contributed by atoms with Gasteiger partial charge in [0, 0.05) is 32.8 Å². The lowest BCUT2D eigenvalue weighted by atomic mass is 10.1. The summed E-state index contributed by atoms with van der Waals surface area (Å²) in [6.07, 6.45) is 3.62. The highest BCUT2D eigenvalue weighted by Gasteiger charge is 2.09. The predicted molar refractivity (Wildman–Crippen MR) is 73.8 cm³/mol. The molecule has 0 radical (unpaired) electrons. The number of ether oxygens (including phenoxy) is 1. The summed E-state index contributed by atoms with van der Waals surface area (Å²) in [4.78, 5) is 10.8. The molecule has 0 aromatic carbocycles. The second-order valence-electron chi connectivity index (χ2n) is 5.38. The molecule has 5 nitrogen and oxygen atoms in total. The van der Waals surface area contributed by atoms with Crippen molar-refractivity contribution in [3.63, 3.8) is 0 Å². The molecule has 102 valence electrons. The smallest absolute Gasteiger partial charge is 0.146 e. The van der Waals surface area contributed by atoms with Crippen LogP contribution in [0.4, 0.5) is 5.82 Å². The van der Waals surface area contributed by atoms with E-state index in [0.717, 1.165) is 24.6 Å². The number of hydrogen-bond donors (Lipinski definition) is 1. The Morgan fingerprint density at radius 1 is 1.28 bits per heavy atom. The van der Waals surface area contributed by atoms with Crippen molar-refractivity contribution in [2.75, 3.05) is 32.2 Å². The van der Waals surface area contributed by atoms with Crippen molar-refractivity contribution in [1.82, 2.24) is 15.3 Å². The molecule has 0 amide bonds. The lowest BCUT2D eigenvalue weighted by molar-refractivity contribution is 0.206. The molecule has 0 atom stereocenters. The number of methoxy groups -OCH3 is 1. The minimum absolute atomic E-state index is 0.0929. The Morgan fingerprint density at radius 2 is 2.00 bits per heavy atom. The van der Waals surface area contributed by atoms with Crippen molar-refractivity contribution >= 4 is 5.82 Å². The lowest BCUT2D eigenvalue weighted by Crippen LogP contribution is -2.35. The van der Waals surface area contributed by atoms with E-state index in [2.05, 4.69) is 36.1 Å². The van der Waals surface area contributed by atoms with Gasteiger partial charge in [-0.1, -0.05) is 0 Å². The van der Waals surface area contributed by atoms with Crippen molar-refractivity contribution in [2.45, 2.75) is 32.9 Å². The molecule has 1 rings (SSSR count). The number of nitrogens with zero attached hydrogens (tertiary/aromatic N) is 3. The van der Waals surface area contributed by atoms with Gasteiger partial charge in [0.25, 0.3) is 0 Å². The van der Waals surface area contributed by atoms with Crippen LogP contribution in [-0.2, 0) is 11.3 Å². The van der Waals surface area contributed by atoms with E-state index in [-0.39, 0.29) is 5.54 Å². The van der Waals surface area contributed by atoms with Gasteiger partial charge in [0.15, 0.2) is 0 Å². The normalized spacial score (nSPS) is 11.6. The molecule has 0 aliphatic carbocycles. The summed E-state index contributed by atoms with van der Waals surface area (Å²) in [5.41, 5.74) is 1.05. The summed E-state index contributed by atoms with van der Waals surface area (Å²) in [6, 6.07) is 0. The van der Waals surface area contributed by atoms with E-state index in [4.69, 9.17) is 4.74 Å². The molecule has 1 aromatic heterocycles. The van der Waals surface area contributed by atoms with E-state index in [1.54, 1.807) is 13.3 Å². The molecular formula is C13H24N4O. The Kier molecular flexibility index (Phi) is 5.50. The van der Waals surface area contributed by atoms with E-state index in [9.17, 15) is 0 Å². The SMILES string of the molecule is COCCN(C)c1cnc(CNC(C)(C)C)cn1. The first-order valence-corrected chi connectivity index (χ1v) is 6.18. The molecular weight excluding hydrogens is 228 g/mol. The molecule has 0 saturated heterocycles. The zero-order valence-electron chi connectivity index (χ0n) is 12.0. The molecule has 0 aliphatic rings. The molecule has 5 heteroatoms. The van der Waals surface area contributed by atoms with Crippen molar-refractivity contribution in [3.8, 4) is 0 Å². The number of likely N-dealkylation sites (N-methyl/N-ethyl adjacent to an activating group) is 1. The summed E-state index contributed by atoms with van der Waals surface area (Å²) in [7, 11) is 3.68. The van der Waals surface area contributed by atoms with Gasteiger partial charge in [-0.15, -0.1) is 0 Å². The number of aromatic nitrogens is 2. The first-order valence-electron chi connectivity index (χ1n) is 6.18. The zero-order chi connectivity index (χ0) is 13.6. The number of hydrogen-bond acceptors (Lipinski definition) is 5. The van der Waals surface area contributed by atoms with Crippen LogP contribution in [0.3, 0.4) is 0 Å². The zero-order valence-corrected chi connectivity index (χ0v) is 12.0. The maximum Gasteiger partial charge on any atom is 0.146 e. The molecule has 0 unspecified atom stereocenters. The van der Waals surface area contributed by atoms with Crippen LogP contribution < -0.4 is 10.2 Å². The van der Waals surface area contributed by atoms with E-state index in [0.29, 0.717) is 6.61 Å². The van der Waals surface area contributed by atoms with Gasteiger partial charge in [0.05, 0.1) is 24.7 Å². The quantitative estimate of drug-likeness (QED) is 0.830. The Morgan fingerprint density at radius 3 is 2.50 bits per heavy atom. The van der Waals surface area contributed by atoms with Gasteiger partial charge in [-0.25, -0.2) is 4.98 Å². The molecule has 0 fully saturated rings. The third-order valence-corrected chi connectivity index (χ3v) is 2.51. The van der Waals surface area contributed by atoms with Gasteiger partial charge in [0.2, 0.25) is 0 Å². The highest BCUT2D eigenvalue weighted by Crippen LogP contribution is 2.07. The molecule has 18 heavy (non-hydrogen) atoms. The van der Waals surface area contributed by atoms with Crippen LogP contribution in [-0.4, -0.2) is 42.8 Å². The summed E-state index contributed by atoms with van der Waals surface area (Å²) >= 11 is 0. The number of nitrogens with one attached hydrogen (secondary N) is 1. The van der Waals surface area contributed by atoms with Crippen LogP contribution in [0.5, 0.6) is 0 Å². The second-order valence-corrected chi connectivity index (χ2v) is 5.38. The van der Waals surface area contributed by atoms with Gasteiger partial charge in [-0.2, -0.15) is 0 Å². The number of rotatable bonds is 6. The molecule has 1 heterocycles. The third kappa shape index (κ3) is 5.42. The molecule has 1 N–H and O–H groups in total. The topological polar surface area (TPSA) is 50.3 Å². The largest absolute Gasteiger partial charge is 0.383 e. The van der Waals surface area contributed by atoms with Crippen LogP contribution >= 0.6 is 0 Å². The van der Waals surface area contributed by atoms with E-state index in [1.165, 1.54) is 0 Å². The summed E-state index contributed by atoms with van der Waals surface area (Å²) in [6.45, 7) is 8.63. The summed E-state index contributed by atoms with van der Waals surface area (Å²) in [5, 5.41) is 3.39. The maximum atomic E-state index is 5.03. The van der Waals surface area contributed by atoms with Crippen LogP contribution in [0.25, 0.3) is 0 Å². The van der Waals surface area contributed by atoms with Crippen molar-refractivity contribution in [1.29, 1.82) is 0 Å². The summed E-state index contributed by atoms with van der Waals surface area (Å²) in [5.74, 6) is 0.867. The van der Waals surface area contributed by atoms with Crippen molar-refractivity contribution in [2.24, 2.45) is 0 Å². The van der Waals surface area contributed by atoms with Crippen LogP contribution in [0.15, 0.2) is 12.4 Å². The Balaban J connectivity index is 2.52. The molecule has 0 bridgehead atoms. The Bertz CT molecular complexity index is 345. The Labute approximate surface area is 110 Å². The van der Waals surface area contributed by atoms with Gasteiger partial charge in [0.1, 0.15) is 5.82 Å². The van der Waals surface area contributed by atoms with Crippen LogP contribution in [0.1, 0.15) is 26.5 Å². The van der Waals surface area contributed by atoms with E-state index < -0.39 is 0 Å². The van der Waals surface area contributed by atoms with Gasteiger partial charge in [-0.3, -0.25) is 4.98 Å². The highest BCUT2D eigenvalue weighted by molar-refractivity contribution is 5.34. The molecule has 1 aromatic rings. The lowest BCUT2D eigenvalue weighted by Gasteiger charge is -2.20. The number of anilines is 1. The molecule has 0 spiro atoms. The predicted octanol–water partition coefficient (Wildman–Crippen LogP) is 1.45. The maximum absolute atomic E-state index is 5.03.